The number of likely N-dealkylation sites (tertiary alicyclic amines) is 1. The Morgan fingerprint density at radius 3 is 2.27 bits per heavy atom. The molecule has 3 aromatic rings. The minimum atomic E-state index is -0.496. The highest BCUT2D eigenvalue weighted by Gasteiger charge is 2.33. The normalized spacial score (nSPS) is 15.9. The third-order valence-corrected chi connectivity index (χ3v) is 7.73. The predicted molar refractivity (Wildman–Crippen MR) is 153 cm³/mol. The highest BCUT2D eigenvalue weighted by molar-refractivity contribution is 5.99. The number of hydrogen-bond donors (Lipinski definition) is 0. The van der Waals surface area contributed by atoms with E-state index in [0.29, 0.717) is 48.8 Å². The van der Waals surface area contributed by atoms with Crippen LogP contribution in [0.4, 0.5) is 4.39 Å². The maximum Gasteiger partial charge on any atom is 0.339 e. The zero-order chi connectivity index (χ0) is 28.9. The summed E-state index contributed by atoms with van der Waals surface area (Å²) in [5.74, 6) is 0.578. The van der Waals surface area contributed by atoms with Gasteiger partial charge in [-0.2, -0.15) is 0 Å². The Balaban J connectivity index is 1.29. The molecule has 0 aliphatic carbocycles. The Morgan fingerprint density at radius 2 is 1.66 bits per heavy atom. The van der Waals surface area contributed by atoms with Crippen molar-refractivity contribution in [1.82, 2.24) is 14.8 Å². The van der Waals surface area contributed by atoms with Crippen molar-refractivity contribution in [2.24, 2.45) is 0 Å². The summed E-state index contributed by atoms with van der Waals surface area (Å²) in [6.07, 6.45) is 3.86. The van der Waals surface area contributed by atoms with Crippen LogP contribution in [-0.2, 0) is 17.7 Å². The molecular weight excluding hydrogens is 525 g/mol. The maximum absolute atomic E-state index is 13.6. The van der Waals surface area contributed by atoms with Crippen molar-refractivity contribution in [3.8, 4) is 22.6 Å². The first kappa shape index (κ1) is 28.5. The van der Waals surface area contributed by atoms with E-state index in [2.05, 4.69) is 9.88 Å². The lowest BCUT2D eigenvalue weighted by Crippen LogP contribution is -2.50. The molecule has 0 saturated carbocycles. The van der Waals surface area contributed by atoms with Crippen LogP contribution in [0, 0.1) is 5.82 Å². The number of nitrogens with zero attached hydrogens (tertiary/aromatic N) is 3. The number of aromatic nitrogens is 1. The van der Waals surface area contributed by atoms with Gasteiger partial charge in [-0.05, 0) is 68.1 Å². The second-order valence-electron chi connectivity index (χ2n) is 10.3. The quantitative estimate of drug-likeness (QED) is 0.335. The predicted octanol–water partition coefficient (Wildman–Crippen LogP) is 5.13. The Morgan fingerprint density at radius 1 is 1.00 bits per heavy atom. The molecule has 9 heteroatoms. The summed E-state index contributed by atoms with van der Waals surface area (Å²) < 4.78 is 30.5. The number of amides is 1. The van der Waals surface area contributed by atoms with Gasteiger partial charge in [0, 0.05) is 44.8 Å². The molecule has 3 heterocycles. The van der Waals surface area contributed by atoms with Gasteiger partial charge in [0.05, 0.1) is 42.7 Å². The zero-order valence-electron chi connectivity index (χ0n) is 23.8. The number of benzene rings is 2. The minimum absolute atomic E-state index is 0.0675. The summed E-state index contributed by atoms with van der Waals surface area (Å²) in [4.78, 5) is 34.0. The highest BCUT2D eigenvalue weighted by Crippen LogP contribution is 2.40. The Kier molecular flexibility index (Phi) is 8.83. The van der Waals surface area contributed by atoms with Gasteiger partial charge in [-0.3, -0.25) is 14.7 Å². The first-order valence-corrected chi connectivity index (χ1v) is 14.2. The SMILES string of the molecule is CCOc1cc(CN2CCC(N3CCc4ncc(C(=O)OC)cc4C3=O)CC2)cc(OCC)c1-c1ccc(F)cc1. The van der Waals surface area contributed by atoms with E-state index in [1.54, 1.807) is 18.2 Å². The molecule has 41 heavy (non-hydrogen) atoms. The van der Waals surface area contributed by atoms with E-state index in [1.165, 1.54) is 25.4 Å². The van der Waals surface area contributed by atoms with Crippen LogP contribution < -0.4 is 9.47 Å². The van der Waals surface area contributed by atoms with Gasteiger partial charge >= 0.3 is 5.97 Å². The number of piperidine rings is 1. The summed E-state index contributed by atoms with van der Waals surface area (Å²) in [6.45, 7) is 7.92. The summed E-state index contributed by atoms with van der Waals surface area (Å²) in [6, 6.07) is 12.2. The highest BCUT2D eigenvalue weighted by atomic mass is 19.1. The van der Waals surface area contributed by atoms with Crippen molar-refractivity contribution >= 4 is 11.9 Å². The number of hydrogen-bond acceptors (Lipinski definition) is 7. The fraction of sp³-hybridized carbons (Fsp3) is 0.406. The van der Waals surface area contributed by atoms with Gasteiger partial charge in [0.15, 0.2) is 0 Å². The molecule has 1 fully saturated rings. The molecule has 5 rings (SSSR count). The molecule has 0 unspecified atom stereocenters. The number of carbonyl (C=O) groups is 2. The molecule has 8 nitrogen and oxygen atoms in total. The third-order valence-electron chi connectivity index (χ3n) is 7.73. The van der Waals surface area contributed by atoms with Gasteiger partial charge < -0.3 is 19.1 Å². The zero-order valence-corrected chi connectivity index (χ0v) is 23.8. The molecule has 0 N–H and O–H groups in total. The standard InChI is InChI=1S/C32H36FN3O5/c1-4-40-28-16-21(17-29(41-5-2)30(28)22-6-8-24(33)9-7-22)20-35-13-10-25(11-14-35)36-15-12-27-26(31(36)37)18-23(19-34-27)32(38)39-3/h6-9,16-19,25H,4-5,10-15,20H2,1-3H3. The summed E-state index contributed by atoms with van der Waals surface area (Å²) in [5, 5.41) is 0. The van der Waals surface area contributed by atoms with Crippen molar-refractivity contribution in [2.75, 3.05) is 40.0 Å². The summed E-state index contributed by atoms with van der Waals surface area (Å²) >= 11 is 0. The Labute approximate surface area is 240 Å². The van der Waals surface area contributed by atoms with Gasteiger partial charge in [-0.25, -0.2) is 9.18 Å². The fourth-order valence-electron chi connectivity index (χ4n) is 5.76. The number of esters is 1. The van der Waals surface area contributed by atoms with Gasteiger partial charge in [-0.1, -0.05) is 12.1 Å². The molecule has 1 saturated heterocycles. The molecular formula is C32H36FN3O5. The topological polar surface area (TPSA) is 81.2 Å². The third kappa shape index (κ3) is 6.20. The van der Waals surface area contributed by atoms with Crippen LogP contribution in [0.15, 0.2) is 48.7 Å². The van der Waals surface area contributed by atoms with Gasteiger partial charge in [0.25, 0.3) is 5.91 Å². The number of rotatable bonds is 9. The Hall–Kier alpha value is -3.98. The van der Waals surface area contributed by atoms with Gasteiger partial charge in [0.1, 0.15) is 17.3 Å². The fourth-order valence-corrected chi connectivity index (χ4v) is 5.76. The number of methoxy groups -OCH3 is 1. The van der Waals surface area contributed by atoms with E-state index in [9.17, 15) is 14.0 Å². The molecule has 0 bridgehead atoms. The van der Waals surface area contributed by atoms with Gasteiger partial charge in [0.2, 0.25) is 0 Å². The lowest BCUT2D eigenvalue weighted by atomic mass is 9.96. The average molecular weight is 562 g/mol. The summed E-state index contributed by atoms with van der Waals surface area (Å²) in [5.41, 5.74) is 4.26. The number of ether oxygens (including phenoxy) is 3. The number of carbonyl (C=O) groups excluding carboxylic acids is 2. The van der Waals surface area contributed by atoms with Crippen molar-refractivity contribution in [3.05, 3.63) is 76.9 Å². The monoisotopic (exact) mass is 561 g/mol. The summed E-state index contributed by atoms with van der Waals surface area (Å²) in [7, 11) is 1.32. The average Bonchev–Trinajstić information content (AvgIpc) is 2.98. The van der Waals surface area contributed by atoms with E-state index in [0.717, 1.165) is 54.9 Å². The number of halogens is 1. The number of pyridine rings is 1. The first-order valence-electron chi connectivity index (χ1n) is 14.2. The smallest absolute Gasteiger partial charge is 0.339 e. The molecule has 2 aliphatic heterocycles. The van der Waals surface area contributed by atoms with Crippen molar-refractivity contribution in [1.29, 1.82) is 0 Å². The lowest BCUT2D eigenvalue weighted by Gasteiger charge is -2.40. The second kappa shape index (κ2) is 12.7. The van der Waals surface area contributed by atoms with E-state index in [1.807, 2.05) is 30.9 Å². The molecule has 0 atom stereocenters. The van der Waals surface area contributed by atoms with Crippen molar-refractivity contribution in [3.63, 3.8) is 0 Å². The van der Waals surface area contributed by atoms with E-state index in [4.69, 9.17) is 14.2 Å². The largest absolute Gasteiger partial charge is 0.493 e. The van der Waals surface area contributed by atoms with Crippen LogP contribution in [-0.4, -0.2) is 72.7 Å². The molecule has 216 valence electrons. The van der Waals surface area contributed by atoms with Crippen LogP contribution >= 0.6 is 0 Å². The van der Waals surface area contributed by atoms with Crippen molar-refractivity contribution < 1.29 is 28.2 Å². The van der Waals surface area contributed by atoms with Crippen LogP contribution in [0.2, 0.25) is 0 Å². The van der Waals surface area contributed by atoms with Crippen LogP contribution in [0.3, 0.4) is 0 Å². The molecule has 0 spiro atoms. The van der Waals surface area contributed by atoms with Crippen LogP contribution in [0.1, 0.15) is 58.7 Å². The minimum Gasteiger partial charge on any atom is -0.493 e. The molecule has 2 aromatic carbocycles. The second-order valence-corrected chi connectivity index (χ2v) is 10.3. The van der Waals surface area contributed by atoms with Crippen molar-refractivity contribution in [2.45, 2.75) is 45.7 Å². The maximum atomic E-state index is 13.6. The van der Waals surface area contributed by atoms with Crippen LogP contribution in [0.25, 0.3) is 11.1 Å². The van der Waals surface area contributed by atoms with E-state index < -0.39 is 5.97 Å². The van der Waals surface area contributed by atoms with E-state index >= 15 is 0 Å². The molecule has 0 radical (unpaired) electrons. The molecule has 1 amide bonds. The first-order chi connectivity index (χ1) is 19.9. The van der Waals surface area contributed by atoms with Crippen LogP contribution in [0.5, 0.6) is 11.5 Å². The van der Waals surface area contributed by atoms with E-state index in [-0.39, 0.29) is 17.8 Å². The Bertz CT molecular complexity index is 1380. The number of fused-ring (bicyclic) bond motifs is 1. The molecule has 1 aromatic heterocycles. The van der Waals surface area contributed by atoms with Gasteiger partial charge in [-0.15, -0.1) is 0 Å². The molecule has 2 aliphatic rings. The lowest BCUT2D eigenvalue weighted by molar-refractivity contribution is 0.0543.